The van der Waals surface area contributed by atoms with E-state index in [0.717, 1.165) is 32.4 Å². The third-order valence-electron chi connectivity index (χ3n) is 3.22. The van der Waals surface area contributed by atoms with Gasteiger partial charge in [0.25, 0.3) is 0 Å². The van der Waals surface area contributed by atoms with E-state index in [2.05, 4.69) is 22.8 Å². The molecule has 1 aliphatic carbocycles. The van der Waals surface area contributed by atoms with E-state index >= 15 is 0 Å². The Hall–Kier alpha value is -0.830. The molecule has 84 valence electrons. The first-order chi connectivity index (χ1) is 7.34. The summed E-state index contributed by atoms with van der Waals surface area (Å²) in [6.45, 7) is 2.03. The Kier molecular flexibility index (Phi) is 3.78. The minimum absolute atomic E-state index is 0.222. The number of piperidine rings is 1. The van der Waals surface area contributed by atoms with Crippen molar-refractivity contribution in [1.82, 2.24) is 10.6 Å². The summed E-state index contributed by atoms with van der Waals surface area (Å²) in [5, 5.41) is 6.42. The smallest absolute Gasteiger partial charge is 0.220 e. The largest absolute Gasteiger partial charge is 0.352 e. The van der Waals surface area contributed by atoms with Crippen LogP contribution in [0.1, 0.15) is 32.1 Å². The maximum absolute atomic E-state index is 11.7. The molecule has 1 heterocycles. The number of hydrogen-bond donors (Lipinski definition) is 2. The molecule has 2 N–H and O–H groups in total. The summed E-state index contributed by atoms with van der Waals surface area (Å²) in [4.78, 5) is 11.7. The van der Waals surface area contributed by atoms with Crippen LogP contribution in [0.25, 0.3) is 0 Å². The number of carbonyl (C=O) groups excluding carboxylic acids is 1. The quantitative estimate of drug-likeness (QED) is 0.684. The van der Waals surface area contributed by atoms with Crippen molar-refractivity contribution in [2.45, 2.75) is 38.1 Å². The van der Waals surface area contributed by atoms with Gasteiger partial charge >= 0.3 is 0 Å². The summed E-state index contributed by atoms with van der Waals surface area (Å²) in [5.41, 5.74) is 0. The van der Waals surface area contributed by atoms with E-state index in [-0.39, 0.29) is 5.91 Å². The van der Waals surface area contributed by atoms with E-state index in [1.54, 1.807) is 0 Å². The van der Waals surface area contributed by atoms with Gasteiger partial charge in [0.15, 0.2) is 0 Å². The zero-order chi connectivity index (χ0) is 10.5. The van der Waals surface area contributed by atoms with Crippen molar-refractivity contribution < 1.29 is 4.79 Å². The molecule has 2 unspecified atom stereocenters. The Bertz CT molecular complexity index is 244. The van der Waals surface area contributed by atoms with Gasteiger partial charge in [0, 0.05) is 19.0 Å². The SMILES string of the molecule is O=C(CC1C=CCC1)NC1CCCNC1. The van der Waals surface area contributed by atoms with E-state index in [0.29, 0.717) is 18.4 Å². The first-order valence-corrected chi connectivity index (χ1v) is 6.01. The van der Waals surface area contributed by atoms with Crippen LogP contribution in [-0.2, 0) is 4.79 Å². The van der Waals surface area contributed by atoms with Crippen molar-refractivity contribution in [2.75, 3.05) is 13.1 Å². The Morgan fingerprint density at radius 2 is 2.40 bits per heavy atom. The lowest BCUT2D eigenvalue weighted by atomic mass is 10.0. The lowest BCUT2D eigenvalue weighted by Gasteiger charge is -2.24. The zero-order valence-corrected chi connectivity index (χ0v) is 9.17. The van der Waals surface area contributed by atoms with Crippen LogP contribution in [0.3, 0.4) is 0 Å². The molecule has 3 heteroatoms. The normalized spacial score (nSPS) is 30.4. The fourth-order valence-corrected chi connectivity index (χ4v) is 2.37. The van der Waals surface area contributed by atoms with E-state index in [1.165, 1.54) is 6.42 Å². The molecule has 0 bridgehead atoms. The fourth-order valence-electron chi connectivity index (χ4n) is 2.37. The monoisotopic (exact) mass is 208 g/mol. The topological polar surface area (TPSA) is 41.1 Å². The van der Waals surface area contributed by atoms with Gasteiger partial charge in [-0.1, -0.05) is 12.2 Å². The van der Waals surface area contributed by atoms with Gasteiger partial charge in [-0.3, -0.25) is 4.79 Å². The number of carbonyl (C=O) groups is 1. The second-order valence-electron chi connectivity index (χ2n) is 4.58. The molecule has 2 aliphatic rings. The Morgan fingerprint density at radius 3 is 3.07 bits per heavy atom. The molecule has 1 amide bonds. The highest BCUT2D eigenvalue weighted by Crippen LogP contribution is 2.20. The fraction of sp³-hybridized carbons (Fsp3) is 0.750. The van der Waals surface area contributed by atoms with Crippen molar-refractivity contribution in [2.24, 2.45) is 5.92 Å². The molecule has 2 rings (SSSR count). The van der Waals surface area contributed by atoms with Crippen LogP contribution in [0.4, 0.5) is 0 Å². The average Bonchev–Trinajstić information content (AvgIpc) is 2.71. The highest BCUT2D eigenvalue weighted by molar-refractivity contribution is 5.76. The molecule has 1 saturated heterocycles. The second-order valence-corrected chi connectivity index (χ2v) is 4.58. The number of nitrogens with one attached hydrogen (secondary N) is 2. The van der Waals surface area contributed by atoms with Crippen LogP contribution < -0.4 is 10.6 Å². The summed E-state index contributed by atoms with van der Waals surface area (Å²) in [7, 11) is 0. The molecule has 0 radical (unpaired) electrons. The summed E-state index contributed by atoms with van der Waals surface area (Å²) < 4.78 is 0. The van der Waals surface area contributed by atoms with Crippen LogP contribution in [0.2, 0.25) is 0 Å². The highest BCUT2D eigenvalue weighted by Gasteiger charge is 2.18. The second kappa shape index (κ2) is 5.31. The molecular weight excluding hydrogens is 188 g/mol. The number of rotatable bonds is 3. The van der Waals surface area contributed by atoms with Crippen LogP contribution in [0, 0.1) is 5.92 Å². The van der Waals surface area contributed by atoms with Crippen LogP contribution in [0.15, 0.2) is 12.2 Å². The van der Waals surface area contributed by atoms with Gasteiger partial charge in [-0.2, -0.15) is 0 Å². The Morgan fingerprint density at radius 1 is 1.47 bits per heavy atom. The van der Waals surface area contributed by atoms with Gasteiger partial charge in [0.05, 0.1) is 0 Å². The van der Waals surface area contributed by atoms with Crippen molar-refractivity contribution in [3.05, 3.63) is 12.2 Å². The first kappa shape index (κ1) is 10.7. The molecule has 0 saturated carbocycles. The van der Waals surface area contributed by atoms with E-state index in [9.17, 15) is 4.79 Å². The number of allylic oxidation sites excluding steroid dienone is 2. The molecule has 15 heavy (non-hydrogen) atoms. The third kappa shape index (κ3) is 3.34. The summed E-state index contributed by atoms with van der Waals surface area (Å²) in [6.07, 6.45) is 9.62. The summed E-state index contributed by atoms with van der Waals surface area (Å²) in [5.74, 6) is 0.710. The van der Waals surface area contributed by atoms with Gasteiger partial charge in [-0.15, -0.1) is 0 Å². The summed E-state index contributed by atoms with van der Waals surface area (Å²) >= 11 is 0. The highest BCUT2D eigenvalue weighted by atomic mass is 16.1. The molecule has 0 spiro atoms. The van der Waals surface area contributed by atoms with Crippen LogP contribution in [-0.4, -0.2) is 25.0 Å². The van der Waals surface area contributed by atoms with Crippen LogP contribution in [0.5, 0.6) is 0 Å². The van der Waals surface area contributed by atoms with E-state index in [1.807, 2.05) is 0 Å². The van der Waals surface area contributed by atoms with Crippen molar-refractivity contribution in [3.63, 3.8) is 0 Å². The average molecular weight is 208 g/mol. The molecule has 1 aliphatic heterocycles. The van der Waals surface area contributed by atoms with Crippen molar-refractivity contribution in [1.29, 1.82) is 0 Å². The van der Waals surface area contributed by atoms with Crippen molar-refractivity contribution >= 4 is 5.91 Å². The molecule has 2 atom stereocenters. The van der Waals surface area contributed by atoms with Gasteiger partial charge < -0.3 is 10.6 Å². The standard InChI is InChI=1S/C12H20N2O/c15-12(8-10-4-1-2-5-10)14-11-6-3-7-13-9-11/h1,4,10-11,13H,2-3,5-9H2,(H,14,15). The molecule has 0 aromatic heterocycles. The van der Waals surface area contributed by atoms with E-state index in [4.69, 9.17) is 0 Å². The molecular formula is C12H20N2O. The molecule has 0 aromatic rings. The summed E-state index contributed by atoms with van der Waals surface area (Å²) in [6, 6.07) is 0.358. The maximum Gasteiger partial charge on any atom is 0.220 e. The predicted octanol–water partition coefficient (Wildman–Crippen LogP) is 1.21. The Balaban J connectivity index is 1.69. The lowest BCUT2D eigenvalue weighted by Crippen LogP contribution is -2.45. The van der Waals surface area contributed by atoms with Crippen LogP contribution >= 0.6 is 0 Å². The minimum atomic E-state index is 0.222. The minimum Gasteiger partial charge on any atom is -0.352 e. The maximum atomic E-state index is 11.7. The first-order valence-electron chi connectivity index (χ1n) is 6.01. The third-order valence-corrected chi connectivity index (χ3v) is 3.22. The molecule has 0 aromatic carbocycles. The van der Waals surface area contributed by atoms with Gasteiger partial charge in [-0.05, 0) is 38.1 Å². The zero-order valence-electron chi connectivity index (χ0n) is 9.17. The molecule has 1 fully saturated rings. The Labute approximate surface area is 91.3 Å². The van der Waals surface area contributed by atoms with Gasteiger partial charge in [-0.25, -0.2) is 0 Å². The number of amides is 1. The number of hydrogen-bond acceptors (Lipinski definition) is 2. The van der Waals surface area contributed by atoms with Crippen molar-refractivity contribution in [3.8, 4) is 0 Å². The predicted molar refractivity (Wildman–Crippen MR) is 60.5 cm³/mol. The lowest BCUT2D eigenvalue weighted by molar-refractivity contribution is -0.122. The molecule has 3 nitrogen and oxygen atoms in total. The van der Waals surface area contributed by atoms with E-state index < -0.39 is 0 Å². The van der Waals surface area contributed by atoms with Gasteiger partial charge in [0.1, 0.15) is 0 Å². The van der Waals surface area contributed by atoms with Gasteiger partial charge in [0.2, 0.25) is 5.91 Å².